The zero-order valence-electron chi connectivity index (χ0n) is 27.4. The van der Waals surface area contributed by atoms with Crippen LogP contribution in [0.5, 0.6) is 11.5 Å². The molecule has 2 bridgehead atoms. The molecule has 9 heteroatoms. The second kappa shape index (κ2) is 13.9. The van der Waals surface area contributed by atoms with Crippen LogP contribution in [-0.4, -0.2) is 71.4 Å². The lowest BCUT2D eigenvalue weighted by Crippen LogP contribution is -2.56. The topological polar surface area (TPSA) is 100 Å². The average Bonchev–Trinajstić information content (AvgIpc) is 3.74. The van der Waals surface area contributed by atoms with Crippen LogP contribution in [0.3, 0.4) is 0 Å². The number of fused-ring (bicyclic) bond motifs is 1. The van der Waals surface area contributed by atoms with Gasteiger partial charge in [-0.25, -0.2) is 0 Å². The molecule has 1 spiro atoms. The SMILES string of the molecule is CN(CCCN1C(=O)[C@@H]2[C@H](C(=O)Nc3ccc(Oc4ccccc4)cc3)[C@@H]3C=C[C@@]2(O3)[C@H]1C(=O)NC1CCCCC1)Cc1ccccc1. The van der Waals surface area contributed by atoms with Gasteiger partial charge in [-0.2, -0.15) is 0 Å². The third-order valence-corrected chi connectivity index (χ3v) is 10.2. The van der Waals surface area contributed by atoms with Crippen molar-refractivity contribution < 1.29 is 23.9 Å². The second-order valence-electron chi connectivity index (χ2n) is 13.6. The Labute approximate surface area is 282 Å². The Bertz CT molecular complexity index is 1630. The number of para-hydroxylation sites is 1. The van der Waals surface area contributed by atoms with Crippen LogP contribution < -0.4 is 15.4 Å². The van der Waals surface area contributed by atoms with Gasteiger partial charge in [0.2, 0.25) is 17.7 Å². The summed E-state index contributed by atoms with van der Waals surface area (Å²) < 4.78 is 12.4. The highest BCUT2D eigenvalue weighted by Crippen LogP contribution is 2.55. The predicted molar refractivity (Wildman–Crippen MR) is 183 cm³/mol. The Morgan fingerprint density at radius 1 is 0.917 bits per heavy atom. The summed E-state index contributed by atoms with van der Waals surface area (Å²) in [6.07, 6.45) is 9.07. The number of amides is 3. The van der Waals surface area contributed by atoms with Gasteiger partial charge in [0, 0.05) is 24.8 Å². The summed E-state index contributed by atoms with van der Waals surface area (Å²) in [7, 11) is 2.06. The Balaban J connectivity index is 1.07. The van der Waals surface area contributed by atoms with E-state index in [-0.39, 0.29) is 23.8 Å². The van der Waals surface area contributed by atoms with Gasteiger partial charge in [0.25, 0.3) is 0 Å². The Morgan fingerprint density at radius 3 is 2.33 bits per heavy atom. The van der Waals surface area contributed by atoms with Crippen molar-refractivity contribution in [2.45, 2.75) is 68.9 Å². The van der Waals surface area contributed by atoms with Gasteiger partial charge in [-0.3, -0.25) is 14.4 Å². The Hall–Kier alpha value is -4.47. The normalized spacial score (nSPS) is 26.1. The van der Waals surface area contributed by atoms with E-state index in [0.29, 0.717) is 24.4 Å². The van der Waals surface area contributed by atoms with E-state index >= 15 is 0 Å². The summed E-state index contributed by atoms with van der Waals surface area (Å²) in [5, 5.41) is 6.28. The van der Waals surface area contributed by atoms with Gasteiger partial charge in [-0.15, -0.1) is 0 Å². The number of benzene rings is 3. The number of likely N-dealkylation sites (tertiary alicyclic amines) is 1. The number of carbonyl (C=O) groups excluding carboxylic acids is 3. The minimum Gasteiger partial charge on any atom is -0.457 e. The average molecular weight is 649 g/mol. The maximum Gasteiger partial charge on any atom is 0.246 e. The van der Waals surface area contributed by atoms with E-state index < -0.39 is 29.6 Å². The molecule has 1 saturated carbocycles. The molecule has 0 radical (unpaired) electrons. The summed E-state index contributed by atoms with van der Waals surface area (Å²) in [4.78, 5) is 46.3. The molecule has 3 heterocycles. The quantitative estimate of drug-likeness (QED) is 0.250. The molecule has 2 saturated heterocycles. The lowest BCUT2D eigenvalue weighted by molar-refractivity contribution is -0.141. The van der Waals surface area contributed by atoms with Crippen molar-refractivity contribution in [3.63, 3.8) is 0 Å². The molecule has 3 aromatic rings. The van der Waals surface area contributed by atoms with Crippen LogP contribution >= 0.6 is 0 Å². The third kappa shape index (κ3) is 6.49. The monoisotopic (exact) mass is 648 g/mol. The van der Waals surface area contributed by atoms with Gasteiger partial charge in [-0.1, -0.05) is 79.9 Å². The molecule has 4 aliphatic rings. The molecule has 0 unspecified atom stereocenters. The van der Waals surface area contributed by atoms with Gasteiger partial charge < -0.3 is 29.9 Å². The first kappa shape index (κ1) is 32.1. The minimum atomic E-state index is -1.17. The Morgan fingerprint density at radius 2 is 1.60 bits per heavy atom. The number of hydrogen-bond donors (Lipinski definition) is 2. The fourth-order valence-electron chi connectivity index (χ4n) is 7.98. The van der Waals surface area contributed by atoms with Crippen LogP contribution in [0.15, 0.2) is 97.1 Å². The molecule has 2 N–H and O–H groups in total. The molecular formula is C39H44N4O5. The highest BCUT2D eigenvalue weighted by atomic mass is 16.5. The van der Waals surface area contributed by atoms with E-state index in [1.807, 2.05) is 60.7 Å². The summed E-state index contributed by atoms with van der Waals surface area (Å²) in [6.45, 7) is 1.95. The lowest BCUT2D eigenvalue weighted by Gasteiger charge is -2.34. The zero-order chi connectivity index (χ0) is 33.1. The smallest absolute Gasteiger partial charge is 0.246 e. The molecule has 9 nitrogen and oxygen atoms in total. The van der Waals surface area contributed by atoms with Crippen molar-refractivity contribution in [3.8, 4) is 11.5 Å². The standard InChI is InChI=1S/C39H44N4O5/c1-42(26-27-12-5-2-6-13-27)24-11-25-43-35(37(45)41-28-14-7-3-8-15-28)39-23-22-32(48-39)33(34(39)38(43)46)36(44)40-29-18-20-31(21-19-29)47-30-16-9-4-10-17-30/h2,4-6,9-10,12-13,16-23,28,32-35H,3,7-8,11,14-15,24-26H2,1H3,(H,40,44)(H,41,45)/t32-,33+,34-,35+,39-/m0/s1. The van der Waals surface area contributed by atoms with Crippen LogP contribution in [-0.2, 0) is 25.7 Å². The molecule has 250 valence electrons. The second-order valence-corrected chi connectivity index (χ2v) is 13.6. The molecule has 1 aliphatic carbocycles. The van der Waals surface area contributed by atoms with Crippen LogP contribution in [0.1, 0.15) is 44.1 Å². The number of hydrogen-bond acceptors (Lipinski definition) is 6. The number of nitrogens with zero attached hydrogens (tertiary/aromatic N) is 2. The maximum absolute atomic E-state index is 14.4. The lowest BCUT2D eigenvalue weighted by atomic mass is 9.74. The molecule has 3 aromatic carbocycles. The summed E-state index contributed by atoms with van der Waals surface area (Å²) in [5.74, 6) is -0.834. The molecule has 7 rings (SSSR count). The van der Waals surface area contributed by atoms with E-state index in [2.05, 4.69) is 34.7 Å². The first-order valence-corrected chi connectivity index (χ1v) is 17.3. The van der Waals surface area contributed by atoms with Crippen molar-refractivity contribution in [2.75, 3.05) is 25.5 Å². The van der Waals surface area contributed by atoms with Crippen LogP contribution in [0.2, 0.25) is 0 Å². The fourth-order valence-corrected chi connectivity index (χ4v) is 7.98. The summed E-state index contributed by atoms with van der Waals surface area (Å²) in [5.41, 5.74) is 0.640. The van der Waals surface area contributed by atoms with Gasteiger partial charge in [0.05, 0.1) is 17.9 Å². The first-order chi connectivity index (χ1) is 23.4. The number of nitrogens with one attached hydrogen (secondary N) is 2. The van der Waals surface area contributed by atoms with E-state index in [1.165, 1.54) is 12.0 Å². The fraction of sp³-hybridized carbons (Fsp3) is 0.410. The molecule has 0 aromatic heterocycles. The molecule has 3 amide bonds. The number of rotatable bonds is 12. The first-order valence-electron chi connectivity index (χ1n) is 17.3. The Kier molecular flexibility index (Phi) is 9.32. The summed E-state index contributed by atoms with van der Waals surface area (Å²) in [6, 6.07) is 26.2. The van der Waals surface area contributed by atoms with Crippen molar-refractivity contribution in [3.05, 3.63) is 103 Å². The molecular weight excluding hydrogens is 604 g/mol. The van der Waals surface area contributed by atoms with E-state index in [0.717, 1.165) is 44.5 Å². The molecule has 48 heavy (non-hydrogen) atoms. The van der Waals surface area contributed by atoms with Crippen molar-refractivity contribution in [1.82, 2.24) is 15.1 Å². The number of carbonyl (C=O) groups is 3. The van der Waals surface area contributed by atoms with E-state index in [1.54, 1.807) is 29.2 Å². The molecule has 5 atom stereocenters. The van der Waals surface area contributed by atoms with Gasteiger partial charge in [0.15, 0.2) is 0 Å². The van der Waals surface area contributed by atoms with Crippen molar-refractivity contribution in [1.29, 1.82) is 0 Å². The largest absolute Gasteiger partial charge is 0.457 e. The third-order valence-electron chi connectivity index (χ3n) is 10.2. The maximum atomic E-state index is 14.4. The van der Waals surface area contributed by atoms with Gasteiger partial charge in [-0.05, 0) is 74.8 Å². The van der Waals surface area contributed by atoms with Gasteiger partial charge >= 0.3 is 0 Å². The van der Waals surface area contributed by atoms with Crippen LogP contribution in [0.4, 0.5) is 5.69 Å². The number of ether oxygens (including phenoxy) is 2. The highest BCUT2D eigenvalue weighted by Gasteiger charge is 2.72. The van der Waals surface area contributed by atoms with Crippen molar-refractivity contribution in [2.24, 2.45) is 11.8 Å². The summed E-state index contributed by atoms with van der Waals surface area (Å²) >= 11 is 0. The highest BCUT2D eigenvalue weighted by molar-refractivity contribution is 6.02. The van der Waals surface area contributed by atoms with E-state index in [9.17, 15) is 14.4 Å². The van der Waals surface area contributed by atoms with E-state index in [4.69, 9.17) is 9.47 Å². The predicted octanol–water partition coefficient (Wildman–Crippen LogP) is 5.54. The minimum absolute atomic E-state index is 0.0891. The zero-order valence-corrected chi connectivity index (χ0v) is 27.4. The molecule has 3 aliphatic heterocycles. The van der Waals surface area contributed by atoms with Crippen LogP contribution in [0.25, 0.3) is 0 Å². The van der Waals surface area contributed by atoms with Crippen molar-refractivity contribution >= 4 is 23.4 Å². The van der Waals surface area contributed by atoms with Crippen LogP contribution in [0, 0.1) is 11.8 Å². The number of anilines is 1. The van der Waals surface area contributed by atoms with Gasteiger partial charge in [0.1, 0.15) is 23.1 Å². The molecule has 3 fully saturated rings.